The third kappa shape index (κ3) is 2.31. The second-order valence-electron chi connectivity index (χ2n) is 4.05. The third-order valence-corrected chi connectivity index (χ3v) is 2.77. The van der Waals surface area contributed by atoms with Gasteiger partial charge in [0.25, 0.3) is 0 Å². The first-order valence-electron chi connectivity index (χ1n) is 5.39. The molecule has 98 valence electrons. The highest BCUT2D eigenvalue weighted by Gasteiger charge is 2.18. The topological polar surface area (TPSA) is 37.3 Å². The van der Waals surface area contributed by atoms with Gasteiger partial charge < -0.3 is 5.11 Å². The first-order chi connectivity index (χ1) is 8.91. The van der Waals surface area contributed by atoms with Crippen molar-refractivity contribution in [1.82, 2.24) is 0 Å². The lowest BCUT2D eigenvalue weighted by molar-refractivity contribution is 0.0691. The molecule has 0 spiro atoms. The summed E-state index contributed by atoms with van der Waals surface area (Å²) in [5.41, 5.74) is -0.897. The number of halogens is 3. The summed E-state index contributed by atoms with van der Waals surface area (Å²) >= 11 is 0. The molecule has 1 N–H and O–H groups in total. The third-order valence-electron chi connectivity index (χ3n) is 2.77. The van der Waals surface area contributed by atoms with E-state index in [0.717, 1.165) is 0 Å². The predicted octanol–water partition coefficient (Wildman–Crippen LogP) is 3.78. The van der Waals surface area contributed by atoms with E-state index in [4.69, 9.17) is 5.11 Å². The molecule has 0 bridgehead atoms. The van der Waals surface area contributed by atoms with Crippen molar-refractivity contribution in [1.29, 1.82) is 0 Å². The molecule has 0 amide bonds. The lowest BCUT2D eigenvalue weighted by atomic mass is 10.00. The average molecular weight is 266 g/mol. The molecule has 0 unspecified atom stereocenters. The summed E-state index contributed by atoms with van der Waals surface area (Å²) in [5.74, 6) is -4.33. The number of carbonyl (C=O) groups is 1. The monoisotopic (exact) mass is 266 g/mol. The predicted molar refractivity (Wildman–Crippen MR) is 63.4 cm³/mol. The summed E-state index contributed by atoms with van der Waals surface area (Å²) in [5, 5.41) is 8.67. The number of aryl methyl sites for hydroxylation is 1. The molecule has 2 aromatic rings. The number of carboxylic acid groups (broad SMARTS) is 1. The normalized spacial score (nSPS) is 10.5. The van der Waals surface area contributed by atoms with Gasteiger partial charge in [-0.2, -0.15) is 0 Å². The van der Waals surface area contributed by atoms with Gasteiger partial charge in [-0.1, -0.05) is 18.2 Å². The molecule has 0 aromatic heterocycles. The van der Waals surface area contributed by atoms with E-state index in [1.807, 2.05) is 0 Å². The standard InChI is InChI=1S/C14H9F3O2/c1-7-3-2-4-8(13(7)17)9-5-12(16)10(14(18)19)6-11(9)15/h2-6H,1H3,(H,18,19). The summed E-state index contributed by atoms with van der Waals surface area (Å²) in [6, 6.07) is 5.56. The van der Waals surface area contributed by atoms with Crippen molar-refractivity contribution in [3.8, 4) is 11.1 Å². The van der Waals surface area contributed by atoms with Gasteiger partial charge in [0, 0.05) is 11.1 Å². The largest absolute Gasteiger partial charge is 0.478 e. The zero-order chi connectivity index (χ0) is 14.2. The van der Waals surface area contributed by atoms with Gasteiger partial charge in [0.2, 0.25) is 0 Å². The lowest BCUT2D eigenvalue weighted by Crippen LogP contribution is -2.03. The van der Waals surface area contributed by atoms with E-state index in [1.54, 1.807) is 0 Å². The van der Waals surface area contributed by atoms with Crippen molar-refractivity contribution >= 4 is 5.97 Å². The van der Waals surface area contributed by atoms with Crippen LogP contribution in [0.3, 0.4) is 0 Å². The summed E-state index contributed by atoms with van der Waals surface area (Å²) < 4.78 is 41.2. The van der Waals surface area contributed by atoms with E-state index in [1.165, 1.54) is 25.1 Å². The second kappa shape index (κ2) is 4.76. The van der Waals surface area contributed by atoms with Gasteiger partial charge in [-0.3, -0.25) is 0 Å². The maximum Gasteiger partial charge on any atom is 0.338 e. The molecule has 0 radical (unpaired) electrons. The summed E-state index contributed by atoms with van der Waals surface area (Å²) in [6.45, 7) is 1.50. The summed E-state index contributed by atoms with van der Waals surface area (Å²) in [4.78, 5) is 10.7. The van der Waals surface area contributed by atoms with Crippen LogP contribution in [-0.2, 0) is 0 Å². The molecule has 0 saturated carbocycles. The molecule has 0 atom stereocenters. The zero-order valence-corrected chi connectivity index (χ0v) is 9.88. The van der Waals surface area contributed by atoms with Crippen LogP contribution in [0, 0.1) is 24.4 Å². The van der Waals surface area contributed by atoms with Crippen LogP contribution < -0.4 is 0 Å². The Balaban J connectivity index is 2.67. The Morgan fingerprint density at radius 3 is 2.37 bits per heavy atom. The van der Waals surface area contributed by atoms with Crippen molar-refractivity contribution in [3.63, 3.8) is 0 Å². The van der Waals surface area contributed by atoms with Gasteiger partial charge >= 0.3 is 5.97 Å². The molecule has 0 fully saturated rings. The fourth-order valence-corrected chi connectivity index (χ4v) is 1.77. The number of hydrogen-bond donors (Lipinski definition) is 1. The number of benzene rings is 2. The Morgan fingerprint density at radius 2 is 1.74 bits per heavy atom. The summed E-state index contributed by atoms with van der Waals surface area (Å²) in [6.07, 6.45) is 0. The Hall–Kier alpha value is -2.30. The highest BCUT2D eigenvalue weighted by molar-refractivity contribution is 5.88. The number of hydrogen-bond acceptors (Lipinski definition) is 1. The fourth-order valence-electron chi connectivity index (χ4n) is 1.77. The molecule has 2 aromatic carbocycles. The van der Waals surface area contributed by atoms with Crippen LogP contribution in [0.5, 0.6) is 0 Å². The number of rotatable bonds is 2. The highest BCUT2D eigenvalue weighted by Crippen LogP contribution is 2.29. The van der Waals surface area contributed by atoms with E-state index < -0.39 is 29.0 Å². The Kier molecular flexibility index (Phi) is 3.29. The number of aromatic carboxylic acids is 1. The number of carboxylic acids is 1. The Labute approximate surface area is 107 Å². The maximum atomic E-state index is 13.9. The van der Waals surface area contributed by atoms with Gasteiger partial charge in [-0.05, 0) is 24.6 Å². The molecule has 0 aliphatic rings. The zero-order valence-electron chi connectivity index (χ0n) is 9.88. The van der Waals surface area contributed by atoms with Crippen molar-refractivity contribution < 1.29 is 23.1 Å². The SMILES string of the molecule is Cc1cccc(-c2cc(F)c(C(=O)O)cc2F)c1F. The molecule has 0 saturated heterocycles. The average Bonchev–Trinajstić information content (AvgIpc) is 2.35. The molecule has 5 heteroatoms. The van der Waals surface area contributed by atoms with Gasteiger partial charge in [-0.15, -0.1) is 0 Å². The quantitative estimate of drug-likeness (QED) is 0.898. The fraction of sp³-hybridized carbons (Fsp3) is 0.0714. The molecular formula is C14H9F3O2. The van der Waals surface area contributed by atoms with Gasteiger partial charge in [0.1, 0.15) is 17.5 Å². The van der Waals surface area contributed by atoms with E-state index >= 15 is 0 Å². The smallest absolute Gasteiger partial charge is 0.338 e. The van der Waals surface area contributed by atoms with Crippen molar-refractivity contribution in [2.24, 2.45) is 0 Å². The highest BCUT2D eigenvalue weighted by atomic mass is 19.1. The van der Waals surface area contributed by atoms with E-state index in [0.29, 0.717) is 17.7 Å². The molecule has 2 rings (SSSR count). The minimum absolute atomic E-state index is 0.103. The van der Waals surface area contributed by atoms with Crippen LogP contribution in [0.25, 0.3) is 11.1 Å². The maximum absolute atomic E-state index is 13.9. The van der Waals surface area contributed by atoms with Crippen LogP contribution in [-0.4, -0.2) is 11.1 Å². The molecule has 0 aliphatic heterocycles. The molecule has 0 heterocycles. The van der Waals surface area contributed by atoms with Crippen LogP contribution in [0.2, 0.25) is 0 Å². The van der Waals surface area contributed by atoms with Crippen LogP contribution in [0.1, 0.15) is 15.9 Å². The van der Waals surface area contributed by atoms with Crippen LogP contribution >= 0.6 is 0 Å². The van der Waals surface area contributed by atoms with E-state index in [-0.39, 0.29) is 11.1 Å². The van der Waals surface area contributed by atoms with Gasteiger partial charge in [0.15, 0.2) is 0 Å². The Morgan fingerprint density at radius 1 is 1.05 bits per heavy atom. The van der Waals surface area contributed by atoms with E-state index in [9.17, 15) is 18.0 Å². The van der Waals surface area contributed by atoms with Gasteiger partial charge in [0.05, 0.1) is 5.56 Å². The van der Waals surface area contributed by atoms with Crippen LogP contribution in [0.15, 0.2) is 30.3 Å². The lowest BCUT2D eigenvalue weighted by Gasteiger charge is -2.08. The molecule has 0 aliphatic carbocycles. The minimum atomic E-state index is -1.58. The second-order valence-corrected chi connectivity index (χ2v) is 4.05. The molecule has 19 heavy (non-hydrogen) atoms. The van der Waals surface area contributed by atoms with E-state index in [2.05, 4.69) is 0 Å². The first-order valence-corrected chi connectivity index (χ1v) is 5.39. The summed E-state index contributed by atoms with van der Waals surface area (Å²) in [7, 11) is 0. The van der Waals surface area contributed by atoms with Gasteiger partial charge in [-0.25, -0.2) is 18.0 Å². The van der Waals surface area contributed by atoms with Crippen LogP contribution in [0.4, 0.5) is 13.2 Å². The van der Waals surface area contributed by atoms with Crippen molar-refractivity contribution in [2.45, 2.75) is 6.92 Å². The minimum Gasteiger partial charge on any atom is -0.478 e. The Bertz CT molecular complexity index is 666. The van der Waals surface area contributed by atoms with Crippen molar-refractivity contribution in [2.75, 3.05) is 0 Å². The first kappa shape index (κ1) is 13.1. The molecular weight excluding hydrogens is 257 g/mol. The van der Waals surface area contributed by atoms with Crippen molar-refractivity contribution in [3.05, 3.63) is 58.9 Å². The molecule has 2 nitrogen and oxygen atoms in total.